The topological polar surface area (TPSA) is 17.1 Å². The summed E-state index contributed by atoms with van der Waals surface area (Å²) in [6.45, 7) is 0. The fraction of sp³-hybridized carbons (Fsp3) is 0.100. The molecule has 1 aromatic heterocycles. The van der Waals surface area contributed by atoms with Gasteiger partial charge in [0, 0.05) is 20.5 Å². The summed E-state index contributed by atoms with van der Waals surface area (Å²) < 4.78 is 2.31. The normalized spacial score (nSPS) is 10.5. The molecule has 2 rings (SSSR count). The van der Waals surface area contributed by atoms with Crippen LogP contribution in [0.15, 0.2) is 28.7 Å². The smallest absolute Gasteiger partial charge is 0.125 e. The largest absolute Gasteiger partial charge is 0.303 e. The highest BCUT2D eigenvalue weighted by atomic mass is 79.9. The van der Waals surface area contributed by atoms with Gasteiger partial charge in [-0.25, -0.2) is 0 Å². The van der Waals surface area contributed by atoms with Crippen LogP contribution in [0.25, 0.3) is 10.1 Å². The molecule has 1 nitrogen and oxygen atoms in total. The lowest BCUT2D eigenvalue weighted by Crippen LogP contribution is -1.76. The van der Waals surface area contributed by atoms with E-state index < -0.39 is 0 Å². The molecule has 13 heavy (non-hydrogen) atoms. The molecule has 0 aliphatic rings. The second kappa shape index (κ2) is 3.60. The number of thiophene rings is 1. The number of hydrogen-bond donors (Lipinski definition) is 0. The van der Waals surface area contributed by atoms with Crippen molar-refractivity contribution in [2.24, 2.45) is 0 Å². The third kappa shape index (κ3) is 1.81. The molecular weight excluding hydrogens is 248 g/mol. The van der Waals surface area contributed by atoms with E-state index in [2.05, 4.69) is 34.1 Å². The molecule has 66 valence electrons. The van der Waals surface area contributed by atoms with Crippen molar-refractivity contribution in [1.82, 2.24) is 0 Å². The van der Waals surface area contributed by atoms with Gasteiger partial charge in [-0.15, -0.1) is 11.3 Å². The molecule has 1 heterocycles. The minimum atomic E-state index is 0.525. The van der Waals surface area contributed by atoms with Crippen LogP contribution < -0.4 is 0 Å². The zero-order valence-corrected chi connectivity index (χ0v) is 9.19. The molecule has 0 aliphatic heterocycles. The number of carbonyl (C=O) groups is 1. The first-order valence-corrected chi connectivity index (χ1v) is 5.52. The Kier molecular flexibility index (Phi) is 2.47. The number of carbonyl (C=O) groups excluding carboxylic acids is 1. The predicted octanol–water partition coefficient (Wildman–Crippen LogP) is 3.41. The maximum atomic E-state index is 10.3. The van der Waals surface area contributed by atoms with E-state index in [-0.39, 0.29) is 0 Å². The second-order valence-corrected chi connectivity index (χ2v) is 4.85. The molecule has 0 atom stereocenters. The van der Waals surface area contributed by atoms with E-state index in [9.17, 15) is 4.79 Å². The molecule has 3 heteroatoms. The van der Waals surface area contributed by atoms with E-state index in [4.69, 9.17) is 0 Å². The van der Waals surface area contributed by atoms with E-state index >= 15 is 0 Å². The van der Waals surface area contributed by atoms with Crippen LogP contribution >= 0.6 is 27.3 Å². The van der Waals surface area contributed by atoms with Crippen molar-refractivity contribution < 1.29 is 4.79 Å². The van der Waals surface area contributed by atoms with Crippen LogP contribution in [-0.4, -0.2) is 6.29 Å². The molecule has 0 unspecified atom stereocenters. The Hall–Kier alpha value is -0.670. The summed E-state index contributed by atoms with van der Waals surface area (Å²) in [7, 11) is 0. The van der Waals surface area contributed by atoms with Crippen molar-refractivity contribution in [2.75, 3.05) is 0 Å². The molecule has 0 saturated heterocycles. The molecule has 2 aromatic rings. The summed E-state index contributed by atoms with van der Waals surface area (Å²) in [4.78, 5) is 11.4. The number of aldehydes is 1. The maximum absolute atomic E-state index is 10.3. The highest BCUT2D eigenvalue weighted by molar-refractivity contribution is 9.10. The van der Waals surface area contributed by atoms with Gasteiger partial charge in [0.2, 0.25) is 0 Å². The Morgan fingerprint density at radius 1 is 1.38 bits per heavy atom. The van der Waals surface area contributed by atoms with Gasteiger partial charge in [0.25, 0.3) is 0 Å². The minimum Gasteiger partial charge on any atom is -0.303 e. The first-order chi connectivity index (χ1) is 6.29. The third-order valence-corrected chi connectivity index (χ3v) is 3.43. The molecule has 0 saturated carbocycles. The van der Waals surface area contributed by atoms with Crippen LogP contribution in [0, 0.1) is 0 Å². The summed E-state index contributed by atoms with van der Waals surface area (Å²) in [5.74, 6) is 0. The van der Waals surface area contributed by atoms with Crippen molar-refractivity contribution in [2.45, 2.75) is 6.42 Å². The van der Waals surface area contributed by atoms with Gasteiger partial charge >= 0.3 is 0 Å². The monoisotopic (exact) mass is 254 g/mol. The first-order valence-electron chi connectivity index (χ1n) is 3.91. The minimum absolute atomic E-state index is 0.525. The van der Waals surface area contributed by atoms with Crippen molar-refractivity contribution >= 4 is 43.6 Å². The van der Waals surface area contributed by atoms with Gasteiger partial charge in [-0.05, 0) is 23.6 Å². The lowest BCUT2D eigenvalue weighted by Gasteiger charge is -1.88. The van der Waals surface area contributed by atoms with Crippen molar-refractivity contribution in [3.63, 3.8) is 0 Å². The Morgan fingerprint density at radius 2 is 2.23 bits per heavy atom. The SMILES string of the molecule is O=CCc1cc2ccc(Br)cc2s1. The number of fused-ring (bicyclic) bond motifs is 1. The molecular formula is C10H7BrOS. The van der Waals surface area contributed by atoms with E-state index in [0.717, 1.165) is 15.6 Å². The summed E-state index contributed by atoms with van der Waals surface area (Å²) in [6.07, 6.45) is 1.47. The summed E-state index contributed by atoms with van der Waals surface area (Å²) in [5.41, 5.74) is 0. The zero-order valence-electron chi connectivity index (χ0n) is 6.79. The second-order valence-electron chi connectivity index (χ2n) is 2.77. The molecule has 0 aliphatic carbocycles. The Labute approximate surface area is 88.5 Å². The van der Waals surface area contributed by atoms with Gasteiger partial charge in [-0.2, -0.15) is 0 Å². The van der Waals surface area contributed by atoms with Crippen molar-refractivity contribution in [3.8, 4) is 0 Å². The fourth-order valence-corrected chi connectivity index (χ4v) is 2.81. The predicted molar refractivity (Wildman–Crippen MR) is 59.3 cm³/mol. The third-order valence-electron chi connectivity index (χ3n) is 1.82. The Bertz CT molecular complexity index is 447. The van der Waals surface area contributed by atoms with E-state index in [1.165, 1.54) is 10.1 Å². The molecule has 0 bridgehead atoms. The zero-order chi connectivity index (χ0) is 9.26. The van der Waals surface area contributed by atoms with Gasteiger partial charge in [0.05, 0.1) is 0 Å². The highest BCUT2D eigenvalue weighted by Gasteiger charge is 2.00. The Morgan fingerprint density at radius 3 is 3.00 bits per heavy atom. The van der Waals surface area contributed by atoms with Crippen LogP contribution in [0.2, 0.25) is 0 Å². The lowest BCUT2D eigenvalue weighted by molar-refractivity contribution is -0.107. The van der Waals surface area contributed by atoms with E-state index in [1.807, 2.05) is 6.07 Å². The lowest BCUT2D eigenvalue weighted by atomic mass is 10.2. The van der Waals surface area contributed by atoms with Gasteiger partial charge in [0.15, 0.2) is 0 Å². The number of halogens is 1. The average molecular weight is 255 g/mol. The summed E-state index contributed by atoms with van der Waals surface area (Å²) in [6, 6.07) is 8.22. The van der Waals surface area contributed by atoms with Crippen LogP contribution in [-0.2, 0) is 11.2 Å². The molecule has 1 aromatic carbocycles. The highest BCUT2D eigenvalue weighted by Crippen LogP contribution is 2.28. The number of benzene rings is 1. The van der Waals surface area contributed by atoms with Crippen LogP contribution in [0.4, 0.5) is 0 Å². The van der Waals surface area contributed by atoms with Gasteiger partial charge < -0.3 is 4.79 Å². The maximum Gasteiger partial charge on any atom is 0.125 e. The molecule has 0 radical (unpaired) electrons. The molecule has 0 fully saturated rings. The van der Waals surface area contributed by atoms with Gasteiger partial charge in [-0.1, -0.05) is 22.0 Å². The van der Waals surface area contributed by atoms with Crippen LogP contribution in [0.3, 0.4) is 0 Å². The number of rotatable bonds is 2. The van der Waals surface area contributed by atoms with E-state index in [1.54, 1.807) is 11.3 Å². The average Bonchev–Trinajstić information content (AvgIpc) is 2.46. The standard InChI is InChI=1S/C10H7BrOS/c11-8-2-1-7-5-9(3-4-12)13-10(7)6-8/h1-2,4-6H,3H2. The van der Waals surface area contributed by atoms with E-state index in [0.29, 0.717) is 6.42 Å². The van der Waals surface area contributed by atoms with Crippen molar-refractivity contribution in [3.05, 3.63) is 33.6 Å². The van der Waals surface area contributed by atoms with Gasteiger partial charge in [0.1, 0.15) is 6.29 Å². The summed E-state index contributed by atoms with van der Waals surface area (Å²) >= 11 is 5.09. The van der Waals surface area contributed by atoms with Crippen LogP contribution in [0.5, 0.6) is 0 Å². The van der Waals surface area contributed by atoms with Crippen LogP contribution in [0.1, 0.15) is 4.88 Å². The quantitative estimate of drug-likeness (QED) is 0.751. The first kappa shape index (κ1) is 8.91. The summed E-state index contributed by atoms with van der Waals surface area (Å²) in [5, 5.41) is 1.21. The van der Waals surface area contributed by atoms with Crippen molar-refractivity contribution in [1.29, 1.82) is 0 Å². The Balaban J connectivity index is 2.55. The molecule has 0 amide bonds. The fourth-order valence-electron chi connectivity index (χ4n) is 1.24. The molecule has 0 spiro atoms. The molecule has 0 N–H and O–H groups in total. The van der Waals surface area contributed by atoms with Gasteiger partial charge in [-0.3, -0.25) is 0 Å². The number of hydrogen-bond acceptors (Lipinski definition) is 2.